The molecule has 0 amide bonds. The number of nitrogens with zero attached hydrogens (tertiary/aromatic N) is 1. The maximum absolute atomic E-state index is 12.6. The van der Waals surface area contributed by atoms with Crippen LogP contribution in [0.15, 0.2) is 23.1 Å². The second-order valence-corrected chi connectivity index (χ2v) is 6.69. The second-order valence-electron chi connectivity index (χ2n) is 5.04. The zero-order chi connectivity index (χ0) is 15.4. The first kappa shape index (κ1) is 16.7. The van der Waals surface area contributed by atoms with Gasteiger partial charge in [-0.3, -0.25) is 0 Å². The molecule has 5 heteroatoms. The number of nitrogens with one attached hydrogen (secondary N) is 1. The van der Waals surface area contributed by atoms with Gasteiger partial charge in [0.1, 0.15) is 0 Å². The van der Waals surface area contributed by atoms with Gasteiger partial charge in [-0.1, -0.05) is 26.8 Å². The molecule has 0 atom stereocenters. The minimum atomic E-state index is -3.62. The topological polar surface area (TPSA) is 70.0 Å². The van der Waals surface area contributed by atoms with Crippen molar-refractivity contribution in [2.45, 2.75) is 57.4 Å². The molecule has 110 valence electrons. The first-order chi connectivity index (χ1) is 9.34. The van der Waals surface area contributed by atoms with E-state index in [-0.39, 0.29) is 4.90 Å². The lowest BCUT2D eigenvalue weighted by molar-refractivity contribution is 0.341. The van der Waals surface area contributed by atoms with Crippen LogP contribution in [-0.4, -0.2) is 14.0 Å². The summed E-state index contributed by atoms with van der Waals surface area (Å²) in [7, 11) is -3.62. The number of benzene rings is 1. The third-order valence-electron chi connectivity index (χ3n) is 3.99. The van der Waals surface area contributed by atoms with E-state index < -0.39 is 15.6 Å². The molecule has 0 aliphatic carbocycles. The van der Waals surface area contributed by atoms with Gasteiger partial charge in [-0.05, 0) is 43.9 Å². The largest absolute Gasteiger partial charge is 0.241 e. The minimum absolute atomic E-state index is 0.191. The number of hydrogen-bond acceptors (Lipinski definition) is 3. The maximum atomic E-state index is 12.6. The fourth-order valence-electron chi connectivity index (χ4n) is 2.27. The van der Waals surface area contributed by atoms with E-state index in [1.165, 1.54) is 6.07 Å². The molecule has 0 unspecified atom stereocenters. The molecule has 4 nitrogen and oxygen atoms in total. The molecular weight excluding hydrogens is 272 g/mol. The molecule has 1 rings (SSSR count). The fraction of sp³-hybridized carbons (Fsp3) is 0.533. The summed E-state index contributed by atoms with van der Waals surface area (Å²) < 4.78 is 28.0. The highest BCUT2D eigenvalue weighted by Gasteiger charge is 2.31. The van der Waals surface area contributed by atoms with Gasteiger partial charge in [0.2, 0.25) is 10.0 Å². The van der Waals surface area contributed by atoms with Crippen LogP contribution in [0.25, 0.3) is 0 Å². The summed E-state index contributed by atoms with van der Waals surface area (Å²) in [6.07, 6.45) is 2.20. The monoisotopic (exact) mass is 294 g/mol. The van der Waals surface area contributed by atoms with Gasteiger partial charge in [0, 0.05) is 5.54 Å². The molecule has 0 spiro atoms. The second kappa shape index (κ2) is 6.38. The Morgan fingerprint density at radius 3 is 2.20 bits per heavy atom. The lowest BCUT2D eigenvalue weighted by Gasteiger charge is -2.31. The molecule has 0 bridgehead atoms. The molecule has 0 saturated heterocycles. The zero-order valence-corrected chi connectivity index (χ0v) is 13.3. The maximum Gasteiger partial charge on any atom is 0.241 e. The number of nitriles is 1. The van der Waals surface area contributed by atoms with E-state index in [9.17, 15) is 8.42 Å². The Balaban J connectivity index is 3.28. The number of rotatable bonds is 6. The highest BCUT2D eigenvalue weighted by molar-refractivity contribution is 7.89. The Labute approximate surface area is 121 Å². The Kier molecular flexibility index (Phi) is 5.32. The van der Waals surface area contributed by atoms with Crippen molar-refractivity contribution in [2.24, 2.45) is 0 Å². The van der Waals surface area contributed by atoms with Crippen molar-refractivity contribution in [3.8, 4) is 6.07 Å². The van der Waals surface area contributed by atoms with Crippen LogP contribution in [0, 0.1) is 18.3 Å². The number of aryl methyl sites for hydroxylation is 1. The predicted molar refractivity (Wildman–Crippen MR) is 79.8 cm³/mol. The van der Waals surface area contributed by atoms with E-state index in [4.69, 9.17) is 5.26 Å². The molecule has 1 aromatic carbocycles. The van der Waals surface area contributed by atoms with Crippen LogP contribution in [0.3, 0.4) is 0 Å². The van der Waals surface area contributed by atoms with Gasteiger partial charge in [0.05, 0.1) is 16.5 Å². The molecule has 0 heterocycles. The molecule has 0 radical (unpaired) electrons. The normalized spacial score (nSPS) is 12.2. The van der Waals surface area contributed by atoms with E-state index in [1.54, 1.807) is 19.1 Å². The van der Waals surface area contributed by atoms with Crippen LogP contribution in [0.5, 0.6) is 0 Å². The molecule has 0 fully saturated rings. The van der Waals surface area contributed by atoms with Crippen molar-refractivity contribution >= 4 is 10.0 Å². The predicted octanol–water partition coefficient (Wildman–Crippen LogP) is 3.11. The van der Waals surface area contributed by atoms with Crippen molar-refractivity contribution in [3.05, 3.63) is 29.3 Å². The van der Waals surface area contributed by atoms with Gasteiger partial charge in [-0.25, -0.2) is 13.1 Å². The first-order valence-electron chi connectivity index (χ1n) is 6.89. The summed E-state index contributed by atoms with van der Waals surface area (Å²) in [5.41, 5.74) is 0.577. The van der Waals surface area contributed by atoms with Gasteiger partial charge >= 0.3 is 0 Å². The Hall–Kier alpha value is -1.38. The van der Waals surface area contributed by atoms with Crippen LogP contribution in [0.4, 0.5) is 0 Å². The molecule has 0 aliphatic rings. The number of hydrogen-bond donors (Lipinski definition) is 1. The molecule has 0 saturated carbocycles. The smallest absolute Gasteiger partial charge is 0.207 e. The van der Waals surface area contributed by atoms with Gasteiger partial charge in [-0.15, -0.1) is 0 Å². The summed E-state index contributed by atoms with van der Waals surface area (Å²) in [6, 6.07) is 6.70. The van der Waals surface area contributed by atoms with Crippen molar-refractivity contribution in [3.63, 3.8) is 0 Å². The van der Waals surface area contributed by atoms with Crippen molar-refractivity contribution in [2.75, 3.05) is 0 Å². The quantitative estimate of drug-likeness (QED) is 0.876. The Morgan fingerprint density at radius 2 is 1.75 bits per heavy atom. The van der Waals surface area contributed by atoms with Crippen molar-refractivity contribution in [1.29, 1.82) is 5.26 Å². The lowest BCUT2D eigenvalue weighted by Crippen LogP contribution is -2.47. The summed E-state index contributed by atoms with van der Waals surface area (Å²) in [6.45, 7) is 7.68. The van der Waals surface area contributed by atoms with Crippen LogP contribution in [0.2, 0.25) is 0 Å². The fourth-order valence-corrected chi connectivity index (χ4v) is 4.15. The van der Waals surface area contributed by atoms with E-state index in [0.29, 0.717) is 11.1 Å². The SMILES string of the molecule is CCC(CC)(CC)NS(=O)(=O)c1cc(C#N)ccc1C. The average Bonchev–Trinajstić information content (AvgIpc) is 2.45. The van der Waals surface area contributed by atoms with Crippen LogP contribution >= 0.6 is 0 Å². The van der Waals surface area contributed by atoms with Gasteiger partial charge < -0.3 is 0 Å². The molecular formula is C15H22N2O2S. The third kappa shape index (κ3) is 3.38. The molecule has 1 aromatic rings. The minimum Gasteiger partial charge on any atom is -0.207 e. The molecule has 20 heavy (non-hydrogen) atoms. The highest BCUT2D eigenvalue weighted by atomic mass is 32.2. The van der Waals surface area contributed by atoms with E-state index in [2.05, 4.69) is 4.72 Å². The summed E-state index contributed by atoms with van der Waals surface area (Å²) in [5, 5.41) is 8.92. The Morgan fingerprint density at radius 1 is 1.20 bits per heavy atom. The Bertz CT molecular complexity index is 603. The van der Waals surface area contributed by atoms with Crippen LogP contribution in [0.1, 0.15) is 51.2 Å². The van der Waals surface area contributed by atoms with Gasteiger partial charge in [0.25, 0.3) is 0 Å². The van der Waals surface area contributed by atoms with E-state index >= 15 is 0 Å². The standard InChI is InChI=1S/C15H22N2O2S/c1-5-15(6-2,7-3)17-20(18,19)14-10-13(11-16)9-8-12(14)4/h8-10,17H,5-7H2,1-4H3. The third-order valence-corrected chi connectivity index (χ3v) is 5.71. The van der Waals surface area contributed by atoms with Gasteiger partial charge in [-0.2, -0.15) is 5.26 Å². The van der Waals surface area contributed by atoms with E-state index in [1.807, 2.05) is 26.8 Å². The summed E-state index contributed by atoms with van der Waals surface area (Å²) in [4.78, 5) is 0.191. The van der Waals surface area contributed by atoms with Gasteiger partial charge in [0.15, 0.2) is 0 Å². The average molecular weight is 294 g/mol. The summed E-state index contributed by atoms with van der Waals surface area (Å²) >= 11 is 0. The lowest BCUT2D eigenvalue weighted by atomic mass is 9.91. The van der Waals surface area contributed by atoms with Crippen LogP contribution in [-0.2, 0) is 10.0 Å². The molecule has 1 N–H and O–H groups in total. The highest BCUT2D eigenvalue weighted by Crippen LogP contribution is 2.24. The molecule has 0 aliphatic heterocycles. The van der Waals surface area contributed by atoms with E-state index in [0.717, 1.165) is 19.3 Å². The number of sulfonamides is 1. The van der Waals surface area contributed by atoms with Crippen LogP contribution < -0.4 is 4.72 Å². The van der Waals surface area contributed by atoms with Crippen molar-refractivity contribution < 1.29 is 8.42 Å². The summed E-state index contributed by atoms with van der Waals surface area (Å²) in [5.74, 6) is 0. The first-order valence-corrected chi connectivity index (χ1v) is 8.37. The van der Waals surface area contributed by atoms with Crippen molar-refractivity contribution in [1.82, 2.24) is 4.72 Å². The molecule has 0 aromatic heterocycles. The zero-order valence-electron chi connectivity index (χ0n) is 12.5.